The maximum atomic E-state index is 11.7. The Morgan fingerprint density at radius 3 is 2.50 bits per heavy atom. The van der Waals surface area contributed by atoms with Crippen molar-refractivity contribution in [3.8, 4) is 0 Å². The van der Waals surface area contributed by atoms with E-state index in [1.165, 1.54) is 4.90 Å². The van der Waals surface area contributed by atoms with E-state index < -0.39 is 0 Å². The van der Waals surface area contributed by atoms with Gasteiger partial charge >= 0.3 is 0 Å². The Labute approximate surface area is 107 Å². The van der Waals surface area contributed by atoms with Crippen LogP contribution in [0.2, 0.25) is 0 Å². The van der Waals surface area contributed by atoms with E-state index in [2.05, 4.69) is 5.32 Å². The highest BCUT2D eigenvalue weighted by molar-refractivity contribution is 5.96. The Balaban J connectivity index is 2.46. The van der Waals surface area contributed by atoms with Crippen molar-refractivity contribution in [1.29, 1.82) is 0 Å². The highest BCUT2D eigenvalue weighted by atomic mass is 16.2. The molecule has 3 N–H and O–H groups in total. The van der Waals surface area contributed by atoms with Crippen molar-refractivity contribution >= 4 is 11.8 Å². The van der Waals surface area contributed by atoms with Crippen molar-refractivity contribution in [2.24, 2.45) is 5.73 Å². The SMILES string of the molecule is CC(CN)N(C)C(=O)CNC(=O)c1ccccc1. The molecule has 0 aliphatic carbocycles. The van der Waals surface area contributed by atoms with Gasteiger partial charge in [-0.25, -0.2) is 0 Å². The second kappa shape index (κ2) is 6.76. The Morgan fingerprint density at radius 1 is 1.33 bits per heavy atom. The Kier molecular flexibility index (Phi) is 5.32. The van der Waals surface area contributed by atoms with Gasteiger partial charge in [-0.15, -0.1) is 0 Å². The van der Waals surface area contributed by atoms with Crippen LogP contribution in [-0.2, 0) is 4.79 Å². The van der Waals surface area contributed by atoms with Crippen LogP contribution in [0.3, 0.4) is 0 Å². The molecule has 0 spiro atoms. The molecule has 0 heterocycles. The molecule has 0 saturated heterocycles. The van der Waals surface area contributed by atoms with Crippen molar-refractivity contribution in [1.82, 2.24) is 10.2 Å². The summed E-state index contributed by atoms with van der Waals surface area (Å²) in [7, 11) is 1.68. The second-order valence-electron chi connectivity index (χ2n) is 4.14. The summed E-state index contributed by atoms with van der Waals surface area (Å²) in [6, 6.07) is 8.75. The number of hydrogen-bond donors (Lipinski definition) is 2. The lowest BCUT2D eigenvalue weighted by Crippen LogP contribution is -2.44. The average molecular weight is 249 g/mol. The summed E-state index contributed by atoms with van der Waals surface area (Å²) in [6.07, 6.45) is 0. The largest absolute Gasteiger partial charge is 0.343 e. The summed E-state index contributed by atoms with van der Waals surface area (Å²) < 4.78 is 0. The topological polar surface area (TPSA) is 75.4 Å². The van der Waals surface area contributed by atoms with Crippen molar-refractivity contribution in [2.45, 2.75) is 13.0 Å². The van der Waals surface area contributed by atoms with Crippen LogP contribution in [-0.4, -0.2) is 42.9 Å². The van der Waals surface area contributed by atoms with E-state index >= 15 is 0 Å². The number of nitrogens with one attached hydrogen (secondary N) is 1. The Morgan fingerprint density at radius 2 is 1.94 bits per heavy atom. The third-order valence-corrected chi connectivity index (χ3v) is 2.83. The predicted octanol–water partition coefficient (Wildman–Crippen LogP) is 0.222. The third-order valence-electron chi connectivity index (χ3n) is 2.83. The normalized spacial score (nSPS) is 11.7. The molecule has 18 heavy (non-hydrogen) atoms. The first kappa shape index (κ1) is 14.2. The van der Waals surface area contributed by atoms with Gasteiger partial charge in [-0.2, -0.15) is 0 Å². The van der Waals surface area contributed by atoms with Gasteiger partial charge in [-0.1, -0.05) is 18.2 Å². The fraction of sp³-hybridized carbons (Fsp3) is 0.385. The van der Waals surface area contributed by atoms with E-state index in [1.807, 2.05) is 13.0 Å². The molecule has 1 aromatic carbocycles. The molecule has 1 atom stereocenters. The predicted molar refractivity (Wildman–Crippen MR) is 70.1 cm³/mol. The minimum atomic E-state index is -0.252. The molecular weight excluding hydrogens is 230 g/mol. The molecule has 0 aliphatic heterocycles. The summed E-state index contributed by atoms with van der Waals surface area (Å²) >= 11 is 0. The zero-order valence-electron chi connectivity index (χ0n) is 10.7. The minimum Gasteiger partial charge on any atom is -0.343 e. The standard InChI is InChI=1S/C13H19N3O2/c1-10(8-14)16(2)12(17)9-15-13(18)11-6-4-3-5-7-11/h3-7,10H,8-9,14H2,1-2H3,(H,15,18). The van der Waals surface area contributed by atoms with Crippen molar-refractivity contribution in [2.75, 3.05) is 20.1 Å². The summed E-state index contributed by atoms with van der Waals surface area (Å²) in [5.74, 6) is -0.407. The molecule has 0 aromatic heterocycles. The molecule has 1 aromatic rings. The van der Waals surface area contributed by atoms with Crippen LogP contribution in [0.5, 0.6) is 0 Å². The number of carbonyl (C=O) groups excluding carboxylic acids is 2. The van der Waals surface area contributed by atoms with E-state index in [4.69, 9.17) is 5.73 Å². The molecule has 0 saturated carbocycles. The first-order chi connectivity index (χ1) is 8.56. The van der Waals surface area contributed by atoms with Crippen LogP contribution in [0.4, 0.5) is 0 Å². The van der Waals surface area contributed by atoms with Crippen molar-refractivity contribution in [3.05, 3.63) is 35.9 Å². The number of benzene rings is 1. The van der Waals surface area contributed by atoms with Crippen LogP contribution in [0, 0.1) is 0 Å². The highest BCUT2D eigenvalue weighted by Gasteiger charge is 2.15. The minimum absolute atomic E-state index is 0.0193. The average Bonchev–Trinajstić information content (AvgIpc) is 2.43. The van der Waals surface area contributed by atoms with Gasteiger partial charge in [0.05, 0.1) is 6.54 Å². The monoisotopic (exact) mass is 249 g/mol. The van der Waals surface area contributed by atoms with Gasteiger partial charge in [0.15, 0.2) is 0 Å². The first-order valence-electron chi connectivity index (χ1n) is 5.85. The molecule has 1 rings (SSSR count). The molecule has 5 heteroatoms. The van der Waals surface area contributed by atoms with E-state index in [0.29, 0.717) is 12.1 Å². The highest BCUT2D eigenvalue weighted by Crippen LogP contribution is 1.98. The van der Waals surface area contributed by atoms with Gasteiger partial charge in [0.25, 0.3) is 5.91 Å². The lowest BCUT2D eigenvalue weighted by atomic mass is 10.2. The van der Waals surface area contributed by atoms with Gasteiger partial charge in [-0.3, -0.25) is 9.59 Å². The van der Waals surface area contributed by atoms with Gasteiger partial charge in [-0.05, 0) is 19.1 Å². The van der Waals surface area contributed by atoms with Gasteiger partial charge < -0.3 is 16.0 Å². The molecule has 1 unspecified atom stereocenters. The van der Waals surface area contributed by atoms with E-state index in [1.54, 1.807) is 31.3 Å². The van der Waals surface area contributed by atoms with Crippen LogP contribution in [0.1, 0.15) is 17.3 Å². The molecule has 2 amide bonds. The van der Waals surface area contributed by atoms with Crippen LogP contribution < -0.4 is 11.1 Å². The Bertz CT molecular complexity index is 406. The molecule has 5 nitrogen and oxygen atoms in total. The van der Waals surface area contributed by atoms with E-state index in [0.717, 1.165) is 0 Å². The van der Waals surface area contributed by atoms with E-state index in [9.17, 15) is 9.59 Å². The maximum absolute atomic E-state index is 11.7. The van der Waals surface area contributed by atoms with Gasteiger partial charge in [0, 0.05) is 25.2 Å². The first-order valence-corrected chi connectivity index (χ1v) is 5.85. The molecule has 0 aliphatic rings. The zero-order chi connectivity index (χ0) is 13.5. The van der Waals surface area contributed by atoms with Crippen LogP contribution in [0.25, 0.3) is 0 Å². The molecule has 0 bridgehead atoms. The second-order valence-corrected chi connectivity index (χ2v) is 4.14. The van der Waals surface area contributed by atoms with Crippen LogP contribution in [0.15, 0.2) is 30.3 Å². The summed E-state index contributed by atoms with van der Waals surface area (Å²) in [5.41, 5.74) is 6.02. The van der Waals surface area contributed by atoms with Gasteiger partial charge in [0.2, 0.25) is 5.91 Å². The fourth-order valence-electron chi connectivity index (χ4n) is 1.38. The van der Waals surface area contributed by atoms with E-state index in [-0.39, 0.29) is 24.4 Å². The lowest BCUT2D eigenvalue weighted by Gasteiger charge is -2.23. The summed E-state index contributed by atoms with van der Waals surface area (Å²) in [5, 5.41) is 2.59. The van der Waals surface area contributed by atoms with Crippen LogP contribution >= 0.6 is 0 Å². The number of amides is 2. The quantitative estimate of drug-likeness (QED) is 0.784. The molecule has 0 radical (unpaired) electrons. The third kappa shape index (κ3) is 3.85. The summed E-state index contributed by atoms with van der Waals surface area (Å²) in [6.45, 7) is 2.24. The number of likely N-dealkylation sites (N-methyl/N-ethyl adjacent to an activating group) is 1. The number of rotatable bonds is 5. The zero-order valence-corrected chi connectivity index (χ0v) is 10.7. The Hall–Kier alpha value is -1.88. The number of carbonyl (C=O) groups is 2. The molecule has 98 valence electrons. The molecular formula is C13H19N3O2. The maximum Gasteiger partial charge on any atom is 0.251 e. The number of nitrogens with zero attached hydrogens (tertiary/aromatic N) is 1. The fourth-order valence-corrected chi connectivity index (χ4v) is 1.38. The van der Waals surface area contributed by atoms with Crippen molar-refractivity contribution < 1.29 is 9.59 Å². The lowest BCUT2D eigenvalue weighted by molar-refractivity contribution is -0.130. The number of nitrogens with two attached hydrogens (primary N) is 1. The van der Waals surface area contributed by atoms with Gasteiger partial charge in [0.1, 0.15) is 0 Å². The van der Waals surface area contributed by atoms with Crippen molar-refractivity contribution in [3.63, 3.8) is 0 Å². The molecule has 0 fully saturated rings. The number of hydrogen-bond acceptors (Lipinski definition) is 3. The summed E-state index contributed by atoms with van der Waals surface area (Å²) in [4.78, 5) is 25.0. The smallest absolute Gasteiger partial charge is 0.251 e.